The third-order valence-electron chi connectivity index (χ3n) is 3.94. The van der Waals surface area contributed by atoms with E-state index in [2.05, 4.69) is 25.8 Å². The van der Waals surface area contributed by atoms with Crippen LogP contribution in [0.1, 0.15) is 0 Å². The minimum atomic E-state index is 0.384. The van der Waals surface area contributed by atoms with Crippen molar-refractivity contribution in [3.05, 3.63) is 48.7 Å². The molecule has 0 atom stereocenters. The largest absolute Gasteiger partial charge is 0.497 e. The Balaban J connectivity index is 1.55. The number of nitrogens with zero attached hydrogens (tertiary/aromatic N) is 3. The minimum absolute atomic E-state index is 0.384. The highest BCUT2D eigenvalue weighted by molar-refractivity contribution is 5.66. The van der Waals surface area contributed by atoms with Gasteiger partial charge in [0.05, 0.1) is 39.8 Å². The fourth-order valence-corrected chi connectivity index (χ4v) is 2.49. The summed E-state index contributed by atoms with van der Waals surface area (Å²) in [5.41, 5.74) is 0.709. The van der Waals surface area contributed by atoms with E-state index in [0.29, 0.717) is 42.1 Å². The van der Waals surface area contributed by atoms with Crippen LogP contribution in [0.15, 0.2) is 48.7 Å². The standard InChI is InChI=1S/C20H23N5O4/c1-26-14-4-6-15(7-5-14)29-11-10-21-20-24-19(13-22-25-20)23-17-12-16(27-2)8-9-18(17)28-3/h4-9,12-13H,10-11H2,1-3H3,(H2,21,23,24,25). The van der Waals surface area contributed by atoms with Gasteiger partial charge in [0, 0.05) is 6.07 Å². The van der Waals surface area contributed by atoms with Crippen LogP contribution in [0.25, 0.3) is 0 Å². The summed E-state index contributed by atoms with van der Waals surface area (Å²) in [6.07, 6.45) is 1.53. The van der Waals surface area contributed by atoms with E-state index in [-0.39, 0.29) is 0 Å². The summed E-state index contributed by atoms with van der Waals surface area (Å²) in [5.74, 6) is 3.80. The van der Waals surface area contributed by atoms with E-state index < -0.39 is 0 Å². The Kier molecular flexibility index (Phi) is 6.88. The van der Waals surface area contributed by atoms with Crippen LogP contribution in [0, 0.1) is 0 Å². The predicted octanol–water partition coefficient (Wildman–Crippen LogP) is 3.13. The topological polar surface area (TPSA) is 99.7 Å². The van der Waals surface area contributed by atoms with Gasteiger partial charge in [-0.1, -0.05) is 0 Å². The van der Waals surface area contributed by atoms with Crippen LogP contribution < -0.4 is 29.6 Å². The van der Waals surface area contributed by atoms with E-state index in [1.807, 2.05) is 42.5 Å². The molecule has 9 heteroatoms. The maximum absolute atomic E-state index is 5.67. The maximum atomic E-state index is 5.67. The summed E-state index contributed by atoms with van der Waals surface area (Å²) < 4.78 is 21.4. The fourth-order valence-electron chi connectivity index (χ4n) is 2.49. The first-order chi connectivity index (χ1) is 14.2. The van der Waals surface area contributed by atoms with Crippen molar-refractivity contribution in [2.75, 3.05) is 45.1 Å². The number of methoxy groups -OCH3 is 3. The molecule has 9 nitrogen and oxygen atoms in total. The lowest BCUT2D eigenvalue weighted by molar-refractivity contribution is 0.331. The molecule has 3 aromatic rings. The third kappa shape index (κ3) is 5.61. The quantitative estimate of drug-likeness (QED) is 0.500. The monoisotopic (exact) mass is 397 g/mol. The van der Waals surface area contributed by atoms with Crippen molar-refractivity contribution in [3.8, 4) is 23.0 Å². The van der Waals surface area contributed by atoms with Crippen LogP contribution in [0.5, 0.6) is 23.0 Å². The molecule has 2 N–H and O–H groups in total. The second-order valence-electron chi connectivity index (χ2n) is 5.81. The third-order valence-corrected chi connectivity index (χ3v) is 3.94. The number of nitrogens with one attached hydrogen (secondary N) is 2. The Hall–Kier alpha value is -3.75. The molecular formula is C20H23N5O4. The Morgan fingerprint density at radius 1 is 0.862 bits per heavy atom. The van der Waals surface area contributed by atoms with Crippen LogP contribution in [-0.4, -0.2) is 49.7 Å². The molecule has 0 amide bonds. The van der Waals surface area contributed by atoms with Gasteiger partial charge in [-0.15, -0.1) is 5.10 Å². The van der Waals surface area contributed by atoms with Crippen molar-refractivity contribution in [2.45, 2.75) is 0 Å². The lowest BCUT2D eigenvalue weighted by atomic mass is 10.2. The molecule has 0 radical (unpaired) electrons. The normalized spacial score (nSPS) is 10.2. The predicted molar refractivity (Wildman–Crippen MR) is 110 cm³/mol. The van der Waals surface area contributed by atoms with Gasteiger partial charge in [0.2, 0.25) is 5.95 Å². The van der Waals surface area contributed by atoms with Gasteiger partial charge < -0.3 is 29.6 Å². The molecule has 0 fully saturated rings. The summed E-state index contributed by atoms with van der Waals surface area (Å²) in [5, 5.41) is 14.2. The molecule has 3 rings (SSSR count). The Morgan fingerprint density at radius 2 is 1.59 bits per heavy atom. The summed E-state index contributed by atoms with van der Waals surface area (Å²) in [7, 11) is 4.83. The smallest absolute Gasteiger partial charge is 0.244 e. The Bertz CT molecular complexity index is 921. The second-order valence-corrected chi connectivity index (χ2v) is 5.81. The number of rotatable bonds is 10. The van der Waals surface area contributed by atoms with Crippen molar-refractivity contribution < 1.29 is 18.9 Å². The first-order valence-corrected chi connectivity index (χ1v) is 8.91. The van der Waals surface area contributed by atoms with E-state index in [1.165, 1.54) is 6.20 Å². The lowest BCUT2D eigenvalue weighted by Gasteiger charge is -2.12. The number of anilines is 3. The van der Waals surface area contributed by atoms with Gasteiger partial charge in [0.15, 0.2) is 5.82 Å². The maximum Gasteiger partial charge on any atom is 0.244 e. The van der Waals surface area contributed by atoms with Gasteiger partial charge in [-0.2, -0.15) is 10.1 Å². The van der Waals surface area contributed by atoms with Crippen LogP contribution >= 0.6 is 0 Å². The number of benzene rings is 2. The second kappa shape index (κ2) is 9.98. The van der Waals surface area contributed by atoms with Crippen molar-refractivity contribution >= 4 is 17.5 Å². The molecule has 0 unspecified atom stereocenters. The zero-order valence-electron chi connectivity index (χ0n) is 16.5. The highest BCUT2D eigenvalue weighted by Gasteiger charge is 2.08. The van der Waals surface area contributed by atoms with E-state index in [9.17, 15) is 0 Å². The molecule has 0 spiro atoms. The minimum Gasteiger partial charge on any atom is -0.497 e. The van der Waals surface area contributed by atoms with E-state index in [1.54, 1.807) is 21.3 Å². The molecular weight excluding hydrogens is 374 g/mol. The lowest BCUT2D eigenvalue weighted by Crippen LogP contribution is -2.14. The molecule has 1 heterocycles. The van der Waals surface area contributed by atoms with Gasteiger partial charge >= 0.3 is 0 Å². The molecule has 152 valence electrons. The molecule has 0 aliphatic carbocycles. The van der Waals surface area contributed by atoms with Crippen LogP contribution in [0.3, 0.4) is 0 Å². The molecule has 0 saturated carbocycles. The highest BCUT2D eigenvalue weighted by Crippen LogP contribution is 2.30. The molecule has 0 saturated heterocycles. The first kappa shape index (κ1) is 20.0. The Morgan fingerprint density at radius 3 is 2.31 bits per heavy atom. The molecule has 29 heavy (non-hydrogen) atoms. The van der Waals surface area contributed by atoms with Gasteiger partial charge in [-0.05, 0) is 36.4 Å². The Labute approximate surface area is 169 Å². The highest BCUT2D eigenvalue weighted by atomic mass is 16.5. The van der Waals surface area contributed by atoms with Gasteiger partial charge in [0.1, 0.15) is 29.6 Å². The molecule has 0 aliphatic rings. The van der Waals surface area contributed by atoms with Crippen molar-refractivity contribution in [1.29, 1.82) is 0 Å². The van der Waals surface area contributed by atoms with E-state index in [4.69, 9.17) is 18.9 Å². The first-order valence-electron chi connectivity index (χ1n) is 8.91. The number of ether oxygens (including phenoxy) is 4. The SMILES string of the molecule is COc1ccc(OCCNc2nncc(Nc3cc(OC)ccc3OC)n2)cc1. The van der Waals surface area contributed by atoms with Crippen LogP contribution in [0.4, 0.5) is 17.5 Å². The molecule has 0 bridgehead atoms. The summed E-state index contributed by atoms with van der Waals surface area (Å²) >= 11 is 0. The molecule has 0 aliphatic heterocycles. The number of aromatic nitrogens is 3. The average molecular weight is 397 g/mol. The van der Waals surface area contributed by atoms with Gasteiger partial charge in [0.25, 0.3) is 0 Å². The summed E-state index contributed by atoms with van der Waals surface area (Å²) in [6.45, 7) is 0.955. The van der Waals surface area contributed by atoms with Crippen molar-refractivity contribution in [2.24, 2.45) is 0 Å². The van der Waals surface area contributed by atoms with Gasteiger partial charge in [-0.25, -0.2) is 0 Å². The zero-order chi connectivity index (χ0) is 20.5. The van der Waals surface area contributed by atoms with E-state index >= 15 is 0 Å². The van der Waals surface area contributed by atoms with Gasteiger partial charge in [-0.3, -0.25) is 0 Å². The average Bonchev–Trinajstić information content (AvgIpc) is 2.77. The van der Waals surface area contributed by atoms with Crippen molar-refractivity contribution in [3.63, 3.8) is 0 Å². The molecule has 1 aromatic heterocycles. The zero-order valence-corrected chi connectivity index (χ0v) is 16.5. The molecule has 2 aromatic carbocycles. The number of hydrogen-bond donors (Lipinski definition) is 2. The number of hydrogen-bond acceptors (Lipinski definition) is 9. The van der Waals surface area contributed by atoms with Crippen LogP contribution in [0.2, 0.25) is 0 Å². The van der Waals surface area contributed by atoms with Crippen LogP contribution in [-0.2, 0) is 0 Å². The summed E-state index contributed by atoms with van der Waals surface area (Å²) in [4.78, 5) is 4.40. The van der Waals surface area contributed by atoms with E-state index in [0.717, 1.165) is 11.5 Å². The van der Waals surface area contributed by atoms with Crippen molar-refractivity contribution in [1.82, 2.24) is 15.2 Å². The fraction of sp³-hybridized carbons (Fsp3) is 0.250. The summed E-state index contributed by atoms with van der Waals surface area (Å²) in [6, 6.07) is 12.8.